The summed E-state index contributed by atoms with van der Waals surface area (Å²) in [6.45, 7) is 0. The molecule has 0 bridgehead atoms. The van der Waals surface area contributed by atoms with Gasteiger partial charge in [-0.1, -0.05) is 24.3 Å². The first-order valence-electron chi connectivity index (χ1n) is 6.67. The van der Waals surface area contributed by atoms with Gasteiger partial charge in [-0.15, -0.1) is 11.3 Å². The molecule has 5 heteroatoms. The van der Waals surface area contributed by atoms with Crippen LogP contribution in [0.5, 0.6) is 0 Å². The van der Waals surface area contributed by atoms with Crippen molar-refractivity contribution in [2.24, 2.45) is 5.73 Å². The molecular weight excluding hydrogens is 272 g/mol. The maximum atomic E-state index is 10.9. The summed E-state index contributed by atoms with van der Waals surface area (Å²) in [6, 6.07) is 11.0. The predicted molar refractivity (Wildman–Crippen MR) is 82.0 cm³/mol. The van der Waals surface area contributed by atoms with Gasteiger partial charge < -0.3 is 5.73 Å². The smallest absolute Gasteiger partial charge is 0.272 e. The molecule has 1 aromatic heterocycles. The first-order chi connectivity index (χ1) is 9.66. The van der Waals surface area contributed by atoms with Gasteiger partial charge in [-0.25, -0.2) is 0 Å². The summed E-state index contributed by atoms with van der Waals surface area (Å²) >= 11 is 1.75. The largest absolute Gasteiger partial charge is 0.327 e. The molecule has 0 aliphatic rings. The van der Waals surface area contributed by atoms with Crippen LogP contribution in [-0.2, 0) is 12.8 Å². The molecular formula is C15H18N2O2S. The van der Waals surface area contributed by atoms with Gasteiger partial charge in [-0.3, -0.25) is 10.1 Å². The van der Waals surface area contributed by atoms with Gasteiger partial charge in [0, 0.05) is 22.5 Å². The molecule has 106 valence electrons. The number of hydrogen-bond donors (Lipinski definition) is 1. The molecule has 20 heavy (non-hydrogen) atoms. The summed E-state index contributed by atoms with van der Waals surface area (Å²) in [4.78, 5) is 12.0. The second kappa shape index (κ2) is 7.17. The number of thiophene rings is 1. The van der Waals surface area contributed by atoms with Gasteiger partial charge in [0.15, 0.2) is 0 Å². The Balaban J connectivity index is 1.85. The fourth-order valence-corrected chi connectivity index (χ4v) is 2.99. The monoisotopic (exact) mass is 290 g/mol. The highest BCUT2D eigenvalue weighted by Crippen LogP contribution is 2.20. The summed E-state index contributed by atoms with van der Waals surface area (Å²) < 4.78 is 0. The third-order valence-electron chi connectivity index (χ3n) is 3.25. The normalized spacial score (nSPS) is 12.2. The quantitative estimate of drug-likeness (QED) is 0.626. The summed E-state index contributed by atoms with van der Waals surface area (Å²) in [5.41, 5.74) is 6.99. The average Bonchev–Trinajstić information content (AvgIpc) is 2.92. The van der Waals surface area contributed by atoms with E-state index in [2.05, 4.69) is 11.4 Å². The van der Waals surface area contributed by atoms with Crippen molar-refractivity contribution in [3.05, 3.63) is 62.3 Å². The Morgan fingerprint density at radius 2 is 2.05 bits per heavy atom. The van der Waals surface area contributed by atoms with E-state index in [0.717, 1.165) is 24.8 Å². The van der Waals surface area contributed by atoms with Crippen LogP contribution in [0, 0.1) is 10.1 Å². The Bertz CT molecular complexity index is 555. The molecule has 0 radical (unpaired) electrons. The molecule has 1 aromatic carbocycles. The lowest BCUT2D eigenvalue weighted by molar-refractivity contribution is -0.385. The van der Waals surface area contributed by atoms with Crippen molar-refractivity contribution < 1.29 is 4.92 Å². The number of hydrogen-bond acceptors (Lipinski definition) is 4. The maximum absolute atomic E-state index is 10.9. The van der Waals surface area contributed by atoms with Crippen LogP contribution in [0.15, 0.2) is 41.8 Å². The van der Waals surface area contributed by atoms with E-state index in [1.165, 1.54) is 10.9 Å². The van der Waals surface area contributed by atoms with E-state index in [1.807, 2.05) is 12.1 Å². The molecule has 1 unspecified atom stereocenters. The molecule has 2 rings (SSSR count). The first-order valence-corrected chi connectivity index (χ1v) is 7.55. The lowest BCUT2D eigenvalue weighted by atomic mass is 10.0. The fraction of sp³-hybridized carbons (Fsp3) is 0.333. The van der Waals surface area contributed by atoms with Crippen molar-refractivity contribution >= 4 is 17.0 Å². The van der Waals surface area contributed by atoms with E-state index >= 15 is 0 Å². The van der Waals surface area contributed by atoms with Gasteiger partial charge >= 0.3 is 0 Å². The molecule has 2 N–H and O–H groups in total. The zero-order valence-electron chi connectivity index (χ0n) is 11.2. The van der Waals surface area contributed by atoms with Crippen LogP contribution < -0.4 is 5.73 Å². The molecule has 0 saturated heterocycles. The number of rotatable bonds is 7. The Kier molecular flexibility index (Phi) is 5.26. The third-order valence-corrected chi connectivity index (χ3v) is 4.18. The predicted octanol–water partition coefficient (Wildman–Crippen LogP) is 3.55. The standard InChI is InChI=1S/C15H18N2O2S/c16-13(6-3-7-14-8-4-10-20-14)11-12-5-1-2-9-15(12)17(18)19/h1-2,4-5,8-10,13H,3,6-7,11,16H2. The van der Waals surface area contributed by atoms with Gasteiger partial charge in [0.25, 0.3) is 5.69 Å². The molecule has 0 aliphatic heterocycles. The van der Waals surface area contributed by atoms with Crippen molar-refractivity contribution in [3.63, 3.8) is 0 Å². The van der Waals surface area contributed by atoms with E-state index in [-0.39, 0.29) is 16.7 Å². The molecule has 1 atom stereocenters. The highest BCUT2D eigenvalue weighted by molar-refractivity contribution is 7.09. The highest BCUT2D eigenvalue weighted by Gasteiger charge is 2.15. The average molecular weight is 290 g/mol. The van der Waals surface area contributed by atoms with Gasteiger partial charge in [0.05, 0.1) is 4.92 Å². The van der Waals surface area contributed by atoms with Crippen LogP contribution in [-0.4, -0.2) is 11.0 Å². The topological polar surface area (TPSA) is 69.2 Å². The van der Waals surface area contributed by atoms with E-state index < -0.39 is 0 Å². The summed E-state index contributed by atoms with van der Waals surface area (Å²) in [5.74, 6) is 0. The Morgan fingerprint density at radius 3 is 2.75 bits per heavy atom. The lowest BCUT2D eigenvalue weighted by Gasteiger charge is -2.11. The number of benzene rings is 1. The lowest BCUT2D eigenvalue weighted by Crippen LogP contribution is -2.23. The zero-order chi connectivity index (χ0) is 14.4. The molecule has 0 aliphatic carbocycles. The van der Waals surface area contributed by atoms with Crippen LogP contribution in [0.25, 0.3) is 0 Å². The van der Waals surface area contributed by atoms with Crippen molar-refractivity contribution in [2.75, 3.05) is 0 Å². The first kappa shape index (κ1) is 14.7. The van der Waals surface area contributed by atoms with E-state index in [4.69, 9.17) is 5.73 Å². The van der Waals surface area contributed by atoms with Gasteiger partial charge in [0.2, 0.25) is 0 Å². The number of nitrogens with zero attached hydrogens (tertiary/aromatic N) is 1. The van der Waals surface area contributed by atoms with E-state index in [9.17, 15) is 10.1 Å². The molecule has 0 saturated carbocycles. The van der Waals surface area contributed by atoms with E-state index in [1.54, 1.807) is 23.5 Å². The van der Waals surface area contributed by atoms with E-state index in [0.29, 0.717) is 6.42 Å². The van der Waals surface area contributed by atoms with Crippen molar-refractivity contribution in [1.82, 2.24) is 0 Å². The highest BCUT2D eigenvalue weighted by atomic mass is 32.1. The summed E-state index contributed by atoms with van der Waals surface area (Å²) in [7, 11) is 0. The number of nitrogens with two attached hydrogens (primary N) is 1. The molecule has 0 spiro atoms. The number of nitro benzene ring substituents is 1. The molecule has 1 heterocycles. The fourth-order valence-electron chi connectivity index (χ4n) is 2.24. The van der Waals surface area contributed by atoms with Gasteiger partial charge in [0.1, 0.15) is 0 Å². The van der Waals surface area contributed by atoms with Crippen LogP contribution in [0.1, 0.15) is 23.3 Å². The Labute approximate surface area is 122 Å². The van der Waals surface area contributed by atoms with Crippen LogP contribution >= 0.6 is 11.3 Å². The zero-order valence-corrected chi connectivity index (χ0v) is 12.0. The minimum Gasteiger partial charge on any atom is -0.327 e. The Hall–Kier alpha value is -1.72. The summed E-state index contributed by atoms with van der Waals surface area (Å²) in [5, 5.41) is 13.0. The number of aryl methyl sites for hydroxylation is 1. The maximum Gasteiger partial charge on any atom is 0.272 e. The van der Waals surface area contributed by atoms with Crippen molar-refractivity contribution in [2.45, 2.75) is 31.7 Å². The summed E-state index contributed by atoms with van der Waals surface area (Å²) in [6.07, 6.45) is 3.48. The SMILES string of the molecule is NC(CCCc1cccs1)Cc1ccccc1[N+](=O)[O-]. The van der Waals surface area contributed by atoms with Crippen LogP contribution in [0.3, 0.4) is 0 Å². The molecule has 0 fully saturated rings. The third kappa shape index (κ3) is 4.15. The second-order valence-corrected chi connectivity index (χ2v) is 5.85. The minimum atomic E-state index is -0.340. The molecule has 4 nitrogen and oxygen atoms in total. The van der Waals surface area contributed by atoms with Crippen molar-refractivity contribution in [1.29, 1.82) is 0 Å². The van der Waals surface area contributed by atoms with Gasteiger partial charge in [-0.2, -0.15) is 0 Å². The van der Waals surface area contributed by atoms with Gasteiger partial charge in [-0.05, 0) is 37.1 Å². The van der Waals surface area contributed by atoms with Crippen LogP contribution in [0.2, 0.25) is 0 Å². The van der Waals surface area contributed by atoms with Crippen LogP contribution in [0.4, 0.5) is 5.69 Å². The number of para-hydroxylation sites is 1. The Morgan fingerprint density at radius 1 is 1.25 bits per heavy atom. The minimum absolute atomic E-state index is 0.0314. The molecule has 0 amide bonds. The second-order valence-electron chi connectivity index (χ2n) is 4.82. The number of nitro groups is 1. The van der Waals surface area contributed by atoms with Crippen molar-refractivity contribution in [3.8, 4) is 0 Å². The molecule has 2 aromatic rings.